The van der Waals surface area contributed by atoms with Crippen molar-refractivity contribution in [2.24, 2.45) is 0 Å². The molecule has 0 radical (unpaired) electrons. The molecule has 0 aromatic heterocycles. The molecule has 3 nitrogen and oxygen atoms in total. The summed E-state index contributed by atoms with van der Waals surface area (Å²) in [5, 5.41) is 5.05. The third-order valence-corrected chi connectivity index (χ3v) is 3.58. The lowest BCUT2D eigenvalue weighted by Crippen LogP contribution is -2.22. The van der Waals surface area contributed by atoms with Gasteiger partial charge in [-0.1, -0.05) is 68.4 Å². The van der Waals surface area contributed by atoms with Gasteiger partial charge in [0.25, 0.3) is 5.91 Å². The van der Waals surface area contributed by atoms with Crippen molar-refractivity contribution in [3.05, 3.63) is 83.4 Å². The molecule has 0 aliphatic rings. The van der Waals surface area contributed by atoms with Crippen molar-refractivity contribution in [3.63, 3.8) is 0 Å². The molecule has 3 aromatic rings. The van der Waals surface area contributed by atoms with Gasteiger partial charge in [-0.2, -0.15) is 0 Å². The minimum absolute atomic E-state index is 0.106. The molecule has 0 heterocycles. The fraction of sp³-hybridized carbons (Fsp3) is 0.143. The van der Waals surface area contributed by atoms with Crippen molar-refractivity contribution in [2.75, 3.05) is 0 Å². The van der Waals surface area contributed by atoms with Crippen molar-refractivity contribution in [1.82, 2.24) is 5.32 Å². The first kappa shape index (κ1) is 17.4. The van der Waals surface area contributed by atoms with Crippen LogP contribution in [0, 0.1) is 0 Å². The second kappa shape index (κ2) is 8.63. The Morgan fingerprint density at radius 3 is 2.25 bits per heavy atom. The van der Waals surface area contributed by atoms with Gasteiger partial charge < -0.3 is 5.32 Å². The molecule has 0 saturated heterocycles. The molecule has 24 heavy (non-hydrogen) atoms. The van der Waals surface area contributed by atoms with Crippen LogP contribution in [-0.4, -0.2) is 12.2 Å². The molecule has 0 unspecified atom stereocenters. The molecule has 0 aliphatic heterocycles. The molecule has 1 N–H and O–H groups in total. The molecule has 0 spiro atoms. The molecule has 0 fully saturated rings. The fourth-order valence-electron chi connectivity index (χ4n) is 2.33. The van der Waals surface area contributed by atoms with E-state index in [1.54, 1.807) is 12.1 Å². The highest BCUT2D eigenvalue weighted by molar-refractivity contribution is 5.98. The summed E-state index contributed by atoms with van der Waals surface area (Å²) in [5.74, 6) is -0.106. The topological polar surface area (TPSA) is 46.2 Å². The van der Waals surface area contributed by atoms with Gasteiger partial charge in [-0.05, 0) is 28.5 Å². The lowest BCUT2D eigenvalue weighted by Gasteiger charge is -2.07. The lowest BCUT2D eigenvalue weighted by molar-refractivity contribution is 0.0950. The highest BCUT2D eigenvalue weighted by atomic mass is 16.1. The van der Waals surface area contributed by atoms with Gasteiger partial charge in [-0.3, -0.25) is 9.59 Å². The van der Waals surface area contributed by atoms with Crippen LogP contribution in [0.4, 0.5) is 0 Å². The molecule has 3 aromatic carbocycles. The zero-order valence-electron chi connectivity index (χ0n) is 14.0. The van der Waals surface area contributed by atoms with Crippen LogP contribution in [-0.2, 0) is 6.54 Å². The number of aldehydes is 1. The van der Waals surface area contributed by atoms with Crippen LogP contribution in [0.5, 0.6) is 0 Å². The number of hydrogen-bond acceptors (Lipinski definition) is 2. The Morgan fingerprint density at radius 2 is 1.58 bits per heavy atom. The number of carbonyl (C=O) groups excluding carboxylic acids is 2. The monoisotopic (exact) mass is 319 g/mol. The summed E-state index contributed by atoms with van der Waals surface area (Å²) >= 11 is 0. The minimum Gasteiger partial charge on any atom is -0.348 e. The Bertz CT molecular complexity index is 823. The molecular weight excluding hydrogens is 298 g/mol. The van der Waals surface area contributed by atoms with Crippen molar-refractivity contribution >= 4 is 23.0 Å². The van der Waals surface area contributed by atoms with E-state index in [4.69, 9.17) is 0 Å². The van der Waals surface area contributed by atoms with Gasteiger partial charge >= 0.3 is 0 Å². The maximum absolute atomic E-state index is 12.2. The molecule has 0 bridgehead atoms. The molecule has 0 atom stereocenters. The van der Waals surface area contributed by atoms with E-state index in [0.29, 0.717) is 17.7 Å². The van der Waals surface area contributed by atoms with E-state index in [2.05, 4.69) is 5.32 Å². The van der Waals surface area contributed by atoms with Crippen molar-refractivity contribution in [1.29, 1.82) is 0 Å². The number of benzene rings is 3. The molecule has 0 aliphatic carbocycles. The van der Waals surface area contributed by atoms with Crippen LogP contribution in [0.15, 0.2) is 66.7 Å². The number of nitrogens with one attached hydrogen (secondary N) is 1. The number of fused-ring (bicyclic) bond motifs is 1. The van der Waals surface area contributed by atoms with Gasteiger partial charge in [0.1, 0.15) is 6.29 Å². The van der Waals surface area contributed by atoms with E-state index in [1.807, 2.05) is 68.4 Å². The Morgan fingerprint density at radius 1 is 0.917 bits per heavy atom. The van der Waals surface area contributed by atoms with Crippen LogP contribution in [0.25, 0.3) is 10.8 Å². The summed E-state index contributed by atoms with van der Waals surface area (Å²) in [6.45, 7) is 4.44. The molecular formula is C21H21NO2. The Hall–Kier alpha value is -2.94. The van der Waals surface area contributed by atoms with Gasteiger partial charge in [-0.25, -0.2) is 0 Å². The molecule has 3 heteroatoms. The SMILES string of the molecule is CC.O=Cc1ccc(CNC(=O)c2ccc3ccccc3c2)cc1. The van der Waals surface area contributed by atoms with Crippen LogP contribution < -0.4 is 5.32 Å². The first-order chi connectivity index (χ1) is 11.8. The highest BCUT2D eigenvalue weighted by Crippen LogP contribution is 2.15. The van der Waals surface area contributed by atoms with E-state index >= 15 is 0 Å². The summed E-state index contributed by atoms with van der Waals surface area (Å²) in [6, 6.07) is 20.8. The van der Waals surface area contributed by atoms with Gasteiger partial charge in [0, 0.05) is 17.7 Å². The van der Waals surface area contributed by atoms with Crippen LogP contribution >= 0.6 is 0 Å². The molecule has 122 valence electrons. The van der Waals surface area contributed by atoms with E-state index in [0.717, 1.165) is 22.6 Å². The van der Waals surface area contributed by atoms with Crippen LogP contribution in [0.3, 0.4) is 0 Å². The van der Waals surface area contributed by atoms with E-state index in [1.165, 1.54) is 0 Å². The number of carbonyl (C=O) groups is 2. The number of amides is 1. The van der Waals surface area contributed by atoms with Crippen LogP contribution in [0.1, 0.15) is 40.1 Å². The predicted octanol–water partition coefficient (Wildman–Crippen LogP) is 4.61. The average molecular weight is 319 g/mol. The van der Waals surface area contributed by atoms with Crippen molar-refractivity contribution in [2.45, 2.75) is 20.4 Å². The summed E-state index contributed by atoms with van der Waals surface area (Å²) in [5.41, 5.74) is 2.23. The first-order valence-electron chi connectivity index (χ1n) is 8.07. The third-order valence-electron chi connectivity index (χ3n) is 3.58. The molecule has 1 amide bonds. The second-order valence-electron chi connectivity index (χ2n) is 5.10. The maximum Gasteiger partial charge on any atom is 0.251 e. The maximum atomic E-state index is 12.2. The zero-order chi connectivity index (χ0) is 17.4. The first-order valence-corrected chi connectivity index (χ1v) is 8.07. The van der Waals surface area contributed by atoms with Gasteiger partial charge in [0.05, 0.1) is 0 Å². The fourth-order valence-corrected chi connectivity index (χ4v) is 2.33. The van der Waals surface area contributed by atoms with Gasteiger partial charge in [0.2, 0.25) is 0 Å². The quantitative estimate of drug-likeness (QED) is 0.714. The predicted molar refractivity (Wildman–Crippen MR) is 98.3 cm³/mol. The van der Waals surface area contributed by atoms with Gasteiger partial charge in [-0.15, -0.1) is 0 Å². The summed E-state index contributed by atoms with van der Waals surface area (Å²) < 4.78 is 0. The third kappa shape index (κ3) is 4.29. The largest absolute Gasteiger partial charge is 0.348 e. The van der Waals surface area contributed by atoms with Gasteiger partial charge in [0.15, 0.2) is 0 Å². The Labute approximate surface area is 142 Å². The minimum atomic E-state index is -0.106. The van der Waals surface area contributed by atoms with Crippen LogP contribution in [0.2, 0.25) is 0 Å². The molecule has 0 saturated carbocycles. The standard InChI is InChI=1S/C19H15NO2.C2H6/c21-13-15-7-5-14(6-8-15)12-20-19(22)18-10-9-16-3-1-2-4-17(16)11-18;1-2/h1-11,13H,12H2,(H,20,22);1-2H3. The Kier molecular flexibility index (Phi) is 6.26. The number of rotatable bonds is 4. The van der Waals surface area contributed by atoms with E-state index in [-0.39, 0.29) is 5.91 Å². The van der Waals surface area contributed by atoms with Crippen molar-refractivity contribution < 1.29 is 9.59 Å². The summed E-state index contributed by atoms with van der Waals surface area (Å²) in [6.07, 6.45) is 0.803. The average Bonchev–Trinajstić information content (AvgIpc) is 2.67. The lowest BCUT2D eigenvalue weighted by atomic mass is 10.1. The normalized spacial score (nSPS) is 9.75. The highest BCUT2D eigenvalue weighted by Gasteiger charge is 2.06. The van der Waals surface area contributed by atoms with E-state index in [9.17, 15) is 9.59 Å². The summed E-state index contributed by atoms with van der Waals surface area (Å²) in [7, 11) is 0. The summed E-state index contributed by atoms with van der Waals surface area (Å²) in [4.78, 5) is 22.8. The smallest absolute Gasteiger partial charge is 0.251 e. The zero-order valence-corrected chi connectivity index (χ0v) is 14.0. The molecule has 3 rings (SSSR count). The second-order valence-corrected chi connectivity index (χ2v) is 5.10. The Balaban J connectivity index is 0.00000100. The van der Waals surface area contributed by atoms with E-state index < -0.39 is 0 Å². The number of hydrogen-bond donors (Lipinski definition) is 1. The van der Waals surface area contributed by atoms with Crippen molar-refractivity contribution in [3.8, 4) is 0 Å².